The lowest BCUT2D eigenvalue weighted by Gasteiger charge is -2.06. The first-order valence-corrected chi connectivity index (χ1v) is 6.17. The Bertz CT molecular complexity index is 435. The van der Waals surface area contributed by atoms with E-state index in [1.54, 1.807) is 6.92 Å². The molecule has 0 unspecified atom stereocenters. The Morgan fingerprint density at radius 2 is 2.13 bits per heavy atom. The first-order chi connectivity index (χ1) is 6.82. The average molecular weight is 232 g/mol. The van der Waals surface area contributed by atoms with Crippen LogP contribution in [0.5, 0.6) is 0 Å². The molecule has 1 aromatic heterocycles. The average Bonchev–Trinajstić information content (AvgIpc) is 2.42. The molecule has 6 nitrogen and oxygen atoms in total. The fourth-order valence-corrected chi connectivity index (χ4v) is 2.19. The highest BCUT2D eigenvalue weighted by Crippen LogP contribution is 2.15. The van der Waals surface area contributed by atoms with E-state index in [-0.39, 0.29) is 10.9 Å². The quantitative estimate of drug-likeness (QED) is 0.672. The van der Waals surface area contributed by atoms with Crippen LogP contribution in [0.1, 0.15) is 25.2 Å². The topological polar surface area (TPSA) is 101 Å². The van der Waals surface area contributed by atoms with Crippen LogP contribution in [-0.2, 0) is 16.6 Å². The third-order valence-electron chi connectivity index (χ3n) is 1.92. The molecule has 4 N–H and O–H groups in total. The van der Waals surface area contributed by atoms with Gasteiger partial charge in [0.2, 0.25) is 10.0 Å². The third-order valence-corrected chi connectivity index (χ3v) is 3.03. The van der Waals surface area contributed by atoms with Crippen molar-refractivity contribution in [3.8, 4) is 0 Å². The van der Waals surface area contributed by atoms with E-state index >= 15 is 0 Å². The number of hydrogen-bond acceptors (Lipinski definition) is 4. The summed E-state index contributed by atoms with van der Waals surface area (Å²) in [6.45, 7) is 5.95. The van der Waals surface area contributed by atoms with Gasteiger partial charge in [0.25, 0.3) is 0 Å². The van der Waals surface area contributed by atoms with Crippen molar-refractivity contribution in [2.75, 3.05) is 0 Å². The lowest BCUT2D eigenvalue weighted by Crippen LogP contribution is -2.24. The summed E-state index contributed by atoms with van der Waals surface area (Å²) in [5.74, 6) is 0. The molecule has 1 aromatic rings. The molecule has 7 heteroatoms. The number of aromatic nitrogens is 2. The zero-order chi connectivity index (χ0) is 11.6. The maximum absolute atomic E-state index is 11.3. The Labute approximate surface area is 89.3 Å². The van der Waals surface area contributed by atoms with E-state index in [1.807, 2.05) is 13.8 Å². The molecule has 0 saturated carbocycles. The molecule has 86 valence electrons. The SMILES string of the molecule is Cc1[nH]nc(CNC(C)C)c1S(N)(=O)=O. The highest BCUT2D eigenvalue weighted by molar-refractivity contribution is 7.89. The van der Waals surface area contributed by atoms with E-state index in [9.17, 15) is 8.42 Å². The summed E-state index contributed by atoms with van der Waals surface area (Å²) in [6, 6.07) is 0.260. The van der Waals surface area contributed by atoms with Crippen LogP contribution < -0.4 is 10.5 Å². The summed E-state index contributed by atoms with van der Waals surface area (Å²) in [6.07, 6.45) is 0. The Hall–Kier alpha value is -0.920. The first-order valence-electron chi connectivity index (χ1n) is 4.62. The summed E-state index contributed by atoms with van der Waals surface area (Å²) in [7, 11) is -3.70. The number of nitrogens with two attached hydrogens (primary N) is 1. The number of primary sulfonamides is 1. The predicted octanol–water partition coefficient (Wildman–Crippen LogP) is -0.136. The molecule has 0 radical (unpaired) electrons. The van der Waals surface area contributed by atoms with Crippen molar-refractivity contribution in [1.82, 2.24) is 15.5 Å². The normalized spacial score (nSPS) is 12.3. The second-order valence-corrected chi connectivity index (χ2v) is 5.20. The number of rotatable bonds is 4. The van der Waals surface area contributed by atoms with Crippen molar-refractivity contribution < 1.29 is 8.42 Å². The molecule has 1 rings (SSSR count). The molecule has 0 amide bonds. The van der Waals surface area contributed by atoms with Gasteiger partial charge in [-0.25, -0.2) is 13.6 Å². The molecular weight excluding hydrogens is 216 g/mol. The molecule has 0 saturated heterocycles. The predicted molar refractivity (Wildman–Crippen MR) is 56.7 cm³/mol. The van der Waals surface area contributed by atoms with Crippen molar-refractivity contribution in [2.24, 2.45) is 5.14 Å². The van der Waals surface area contributed by atoms with Crippen LogP contribution in [-0.4, -0.2) is 24.7 Å². The molecule has 0 fully saturated rings. The Balaban J connectivity index is 3.00. The Kier molecular flexibility index (Phi) is 3.48. The summed E-state index contributed by atoms with van der Waals surface area (Å²) in [4.78, 5) is 0.0932. The lowest BCUT2D eigenvalue weighted by atomic mass is 10.3. The number of aromatic amines is 1. The van der Waals surface area contributed by atoms with Crippen LogP contribution in [0.2, 0.25) is 0 Å². The van der Waals surface area contributed by atoms with Crippen LogP contribution in [0, 0.1) is 6.92 Å². The fourth-order valence-electron chi connectivity index (χ4n) is 1.27. The van der Waals surface area contributed by atoms with Gasteiger partial charge in [0.15, 0.2) is 0 Å². The highest BCUT2D eigenvalue weighted by atomic mass is 32.2. The second kappa shape index (κ2) is 4.30. The fraction of sp³-hybridized carbons (Fsp3) is 0.625. The van der Waals surface area contributed by atoms with Crippen LogP contribution in [0.3, 0.4) is 0 Å². The molecule has 1 heterocycles. The van der Waals surface area contributed by atoms with Gasteiger partial charge in [-0.2, -0.15) is 5.10 Å². The Morgan fingerprint density at radius 3 is 2.60 bits per heavy atom. The zero-order valence-corrected chi connectivity index (χ0v) is 9.85. The first kappa shape index (κ1) is 12.2. The third kappa shape index (κ3) is 3.01. The second-order valence-electron chi connectivity index (χ2n) is 3.71. The largest absolute Gasteiger partial charge is 0.309 e. The standard InChI is InChI=1S/C8H16N4O2S/c1-5(2)10-4-7-8(15(9,13)14)6(3)11-12-7/h5,10H,4H2,1-3H3,(H,11,12)(H2,9,13,14). The maximum atomic E-state index is 11.3. The van der Waals surface area contributed by atoms with Gasteiger partial charge in [-0.3, -0.25) is 5.10 Å². The number of hydrogen-bond donors (Lipinski definition) is 3. The van der Waals surface area contributed by atoms with E-state index in [1.165, 1.54) is 0 Å². The molecule has 0 aliphatic rings. The van der Waals surface area contributed by atoms with Crippen LogP contribution >= 0.6 is 0 Å². The minimum atomic E-state index is -3.70. The minimum Gasteiger partial charge on any atom is -0.309 e. The van der Waals surface area contributed by atoms with Crippen LogP contribution in [0.15, 0.2) is 4.90 Å². The molecule has 0 spiro atoms. The number of nitrogens with one attached hydrogen (secondary N) is 2. The van der Waals surface area contributed by atoms with E-state index in [0.717, 1.165) is 0 Å². The molecule has 0 aliphatic heterocycles. The number of nitrogens with zero attached hydrogens (tertiary/aromatic N) is 1. The monoisotopic (exact) mass is 232 g/mol. The van der Waals surface area contributed by atoms with E-state index < -0.39 is 10.0 Å². The highest BCUT2D eigenvalue weighted by Gasteiger charge is 2.20. The molecule has 0 atom stereocenters. The van der Waals surface area contributed by atoms with Gasteiger partial charge < -0.3 is 5.32 Å². The molecule has 0 aliphatic carbocycles. The minimum absolute atomic E-state index is 0.0932. The molecule has 0 aromatic carbocycles. The molecule has 0 bridgehead atoms. The maximum Gasteiger partial charge on any atom is 0.241 e. The van der Waals surface area contributed by atoms with E-state index in [2.05, 4.69) is 15.5 Å². The van der Waals surface area contributed by atoms with Crippen molar-refractivity contribution in [2.45, 2.75) is 38.3 Å². The zero-order valence-electron chi connectivity index (χ0n) is 9.03. The lowest BCUT2D eigenvalue weighted by molar-refractivity contribution is 0.569. The van der Waals surface area contributed by atoms with Gasteiger partial charge in [-0.15, -0.1) is 0 Å². The van der Waals surface area contributed by atoms with Gasteiger partial charge in [0.1, 0.15) is 4.90 Å². The summed E-state index contributed by atoms with van der Waals surface area (Å²) in [5.41, 5.74) is 0.904. The molecular formula is C8H16N4O2S. The van der Waals surface area contributed by atoms with E-state index in [4.69, 9.17) is 5.14 Å². The summed E-state index contributed by atoms with van der Waals surface area (Å²) >= 11 is 0. The van der Waals surface area contributed by atoms with E-state index in [0.29, 0.717) is 17.9 Å². The van der Waals surface area contributed by atoms with Crippen molar-refractivity contribution in [3.05, 3.63) is 11.4 Å². The van der Waals surface area contributed by atoms with Gasteiger partial charge in [0, 0.05) is 12.6 Å². The van der Waals surface area contributed by atoms with Crippen molar-refractivity contribution >= 4 is 10.0 Å². The van der Waals surface area contributed by atoms with Gasteiger partial charge in [-0.1, -0.05) is 13.8 Å². The smallest absolute Gasteiger partial charge is 0.241 e. The Morgan fingerprint density at radius 1 is 1.53 bits per heavy atom. The molecule has 15 heavy (non-hydrogen) atoms. The van der Waals surface area contributed by atoms with Gasteiger partial charge in [-0.05, 0) is 6.92 Å². The van der Waals surface area contributed by atoms with Crippen LogP contribution in [0.25, 0.3) is 0 Å². The number of sulfonamides is 1. The number of aryl methyl sites for hydroxylation is 1. The van der Waals surface area contributed by atoms with Crippen molar-refractivity contribution in [3.63, 3.8) is 0 Å². The summed E-state index contributed by atoms with van der Waals surface area (Å²) < 4.78 is 22.5. The van der Waals surface area contributed by atoms with Gasteiger partial charge >= 0.3 is 0 Å². The summed E-state index contributed by atoms with van der Waals surface area (Å²) in [5, 5.41) is 14.7. The van der Waals surface area contributed by atoms with Gasteiger partial charge in [0.05, 0.1) is 11.4 Å². The van der Waals surface area contributed by atoms with Crippen molar-refractivity contribution in [1.29, 1.82) is 0 Å². The van der Waals surface area contributed by atoms with Crippen LogP contribution in [0.4, 0.5) is 0 Å². The number of H-pyrrole nitrogens is 1.